The second-order valence-corrected chi connectivity index (χ2v) is 7.98. The van der Waals surface area contributed by atoms with Gasteiger partial charge in [-0.2, -0.15) is 0 Å². The van der Waals surface area contributed by atoms with Crippen molar-refractivity contribution in [3.63, 3.8) is 0 Å². The fourth-order valence-electron chi connectivity index (χ4n) is 2.60. The third-order valence-corrected chi connectivity index (χ3v) is 5.26. The summed E-state index contributed by atoms with van der Waals surface area (Å²) in [7, 11) is 0. The third kappa shape index (κ3) is 4.50. The molecule has 1 aromatic carbocycles. The average molecular weight is 305 g/mol. The van der Waals surface area contributed by atoms with E-state index in [1.165, 1.54) is 22.4 Å². The largest absolute Gasteiger partial charge is 0.342 e. The van der Waals surface area contributed by atoms with Gasteiger partial charge >= 0.3 is 0 Å². The van der Waals surface area contributed by atoms with Crippen molar-refractivity contribution >= 4 is 17.7 Å². The third-order valence-electron chi connectivity index (χ3n) is 4.11. The molecule has 0 bridgehead atoms. The summed E-state index contributed by atoms with van der Waals surface area (Å²) in [4.78, 5) is 15.5. The lowest BCUT2D eigenvalue weighted by atomic mass is 9.87. The van der Waals surface area contributed by atoms with E-state index in [4.69, 9.17) is 0 Å². The van der Waals surface area contributed by atoms with E-state index in [9.17, 15) is 4.79 Å². The van der Waals surface area contributed by atoms with Gasteiger partial charge in [-0.25, -0.2) is 0 Å². The van der Waals surface area contributed by atoms with Crippen molar-refractivity contribution in [2.24, 2.45) is 0 Å². The minimum absolute atomic E-state index is 0.153. The van der Waals surface area contributed by atoms with Crippen LogP contribution in [-0.4, -0.2) is 29.6 Å². The van der Waals surface area contributed by atoms with Gasteiger partial charge in [-0.3, -0.25) is 4.79 Å². The molecule has 2 nitrogen and oxygen atoms in total. The molecule has 1 fully saturated rings. The number of carbonyl (C=O) groups excluding carboxylic acids is 1. The Kier molecular flexibility index (Phi) is 5.37. The maximum atomic E-state index is 12.3. The highest BCUT2D eigenvalue weighted by atomic mass is 32.2. The molecule has 0 unspecified atom stereocenters. The van der Waals surface area contributed by atoms with Crippen molar-refractivity contribution in [3.05, 3.63) is 29.3 Å². The first-order valence-electron chi connectivity index (χ1n) is 7.89. The van der Waals surface area contributed by atoms with Gasteiger partial charge in [0.1, 0.15) is 0 Å². The van der Waals surface area contributed by atoms with Crippen LogP contribution in [0.25, 0.3) is 0 Å². The zero-order chi connectivity index (χ0) is 15.5. The molecule has 0 aromatic heterocycles. The van der Waals surface area contributed by atoms with Crippen LogP contribution < -0.4 is 0 Å². The minimum atomic E-state index is 0.153. The Hall–Kier alpha value is -0.960. The van der Waals surface area contributed by atoms with Gasteiger partial charge in [0.25, 0.3) is 0 Å². The van der Waals surface area contributed by atoms with Crippen molar-refractivity contribution < 1.29 is 4.79 Å². The van der Waals surface area contributed by atoms with Crippen LogP contribution in [-0.2, 0) is 10.2 Å². The number of rotatable bonds is 3. The van der Waals surface area contributed by atoms with Crippen molar-refractivity contribution in [3.8, 4) is 0 Å². The summed E-state index contributed by atoms with van der Waals surface area (Å²) in [6.45, 7) is 10.7. The number of amides is 1. The zero-order valence-electron chi connectivity index (χ0n) is 13.7. The normalized spacial score (nSPS) is 16.1. The number of likely N-dealkylation sites (tertiary alicyclic amines) is 1. The molecule has 1 saturated heterocycles. The van der Waals surface area contributed by atoms with Gasteiger partial charge in [-0.05, 0) is 48.8 Å². The summed E-state index contributed by atoms with van der Waals surface area (Å²) >= 11 is 1.69. The maximum Gasteiger partial charge on any atom is 0.232 e. The van der Waals surface area contributed by atoms with Crippen molar-refractivity contribution in [1.29, 1.82) is 0 Å². The number of piperidine rings is 1. The molecule has 0 radical (unpaired) electrons. The summed E-state index contributed by atoms with van der Waals surface area (Å²) in [5, 5.41) is 0. The molecule has 2 rings (SSSR count). The van der Waals surface area contributed by atoms with Crippen molar-refractivity contribution in [2.75, 3.05) is 18.8 Å². The smallest absolute Gasteiger partial charge is 0.232 e. The fraction of sp³-hybridized carbons (Fsp3) is 0.611. The molecule has 0 atom stereocenters. The number of nitrogens with zero attached hydrogens (tertiary/aromatic N) is 1. The number of hydrogen-bond acceptors (Lipinski definition) is 2. The molecule has 1 aliphatic heterocycles. The Bertz CT molecular complexity index is 498. The molecule has 21 heavy (non-hydrogen) atoms. The molecule has 0 spiro atoms. The van der Waals surface area contributed by atoms with Crippen LogP contribution in [0.15, 0.2) is 23.1 Å². The predicted molar refractivity (Wildman–Crippen MR) is 91.0 cm³/mol. The summed E-state index contributed by atoms with van der Waals surface area (Å²) < 4.78 is 0. The fourth-order valence-corrected chi connectivity index (χ4v) is 3.56. The second kappa shape index (κ2) is 6.87. The summed E-state index contributed by atoms with van der Waals surface area (Å²) in [5.41, 5.74) is 2.75. The van der Waals surface area contributed by atoms with Crippen LogP contribution in [0.4, 0.5) is 0 Å². The van der Waals surface area contributed by atoms with E-state index in [0.29, 0.717) is 11.7 Å². The Balaban J connectivity index is 2.00. The van der Waals surface area contributed by atoms with Crippen molar-refractivity contribution in [2.45, 2.75) is 57.3 Å². The molecule has 0 saturated carbocycles. The molecule has 0 aliphatic carbocycles. The van der Waals surface area contributed by atoms with E-state index < -0.39 is 0 Å². The minimum Gasteiger partial charge on any atom is -0.342 e. The topological polar surface area (TPSA) is 20.3 Å². The zero-order valence-corrected chi connectivity index (χ0v) is 14.6. The van der Waals surface area contributed by atoms with Crippen LogP contribution in [0.5, 0.6) is 0 Å². The lowest BCUT2D eigenvalue weighted by molar-refractivity contribution is -0.129. The Labute approximate surface area is 133 Å². The van der Waals surface area contributed by atoms with Crippen LogP contribution >= 0.6 is 11.8 Å². The van der Waals surface area contributed by atoms with Gasteiger partial charge < -0.3 is 4.90 Å². The predicted octanol–water partition coefficient (Wildman–Crippen LogP) is 4.40. The highest BCUT2D eigenvalue weighted by molar-refractivity contribution is 8.00. The number of hydrogen-bond donors (Lipinski definition) is 0. The van der Waals surface area contributed by atoms with E-state index in [0.717, 1.165) is 25.9 Å². The van der Waals surface area contributed by atoms with Gasteiger partial charge in [0.15, 0.2) is 0 Å². The number of aryl methyl sites for hydroxylation is 1. The van der Waals surface area contributed by atoms with E-state index in [1.807, 2.05) is 4.90 Å². The first-order chi connectivity index (χ1) is 9.88. The second-order valence-electron chi connectivity index (χ2n) is 6.96. The van der Waals surface area contributed by atoms with Crippen LogP contribution in [0.2, 0.25) is 0 Å². The van der Waals surface area contributed by atoms with Crippen LogP contribution in [0.3, 0.4) is 0 Å². The average Bonchev–Trinajstić information content (AvgIpc) is 2.45. The van der Waals surface area contributed by atoms with E-state index >= 15 is 0 Å². The molecular formula is C18H27NOS. The monoisotopic (exact) mass is 305 g/mol. The molecule has 0 N–H and O–H groups in total. The molecule has 116 valence electrons. The molecule has 1 aromatic rings. The highest BCUT2D eigenvalue weighted by Crippen LogP contribution is 2.30. The highest BCUT2D eigenvalue weighted by Gasteiger charge is 2.18. The molecular weight excluding hydrogens is 278 g/mol. The first-order valence-corrected chi connectivity index (χ1v) is 8.88. The van der Waals surface area contributed by atoms with Gasteiger partial charge in [0.2, 0.25) is 5.91 Å². The number of thioether (sulfide) groups is 1. The van der Waals surface area contributed by atoms with E-state index in [1.54, 1.807) is 11.8 Å². The molecule has 3 heteroatoms. The quantitative estimate of drug-likeness (QED) is 0.772. The SMILES string of the molecule is Cc1ccc(C(C)(C)C)cc1SCC(=O)N1CCCCC1. The van der Waals surface area contributed by atoms with Crippen molar-refractivity contribution in [1.82, 2.24) is 4.90 Å². The van der Waals surface area contributed by atoms with Gasteiger partial charge in [-0.1, -0.05) is 32.9 Å². The summed E-state index contributed by atoms with van der Waals surface area (Å²) in [6.07, 6.45) is 3.59. The van der Waals surface area contributed by atoms with E-state index in [2.05, 4.69) is 45.9 Å². The van der Waals surface area contributed by atoms with Crippen LogP contribution in [0, 0.1) is 6.92 Å². The summed E-state index contributed by atoms with van der Waals surface area (Å²) in [6, 6.07) is 6.63. The molecule has 1 heterocycles. The number of carbonyl (C=O) groups is 1. The van der Waals surface area contributed by atoms with Crippen LogP contribution in [0.1, 0.15) is 51.2 Å². The van der Waals surface area contributed by atoms with Gasteiger partial charge in [0.05, 0.1) is 5.75 Å². The lowest BCUT2D eigenvalue weighted by Gasteiger charge is -2.26. The summed E-state index contributed by atoms with van der Waals surface area (Å²) in [5.74, 6) is 0.856. The Morgan fingerprint density at radius 1 is 1.19 bits per heavy atom. The Morgan fingerprint density at radius 3 is 2.48 bits per heavy atom. The molecule has 1 aliphatic rings. The first kappa shape index (κ1) is 16.4. The number of benzene rings is 1. The lowest BCUT2D eigenvalue weighted by Crippen LogP contribution is -2.36. The van der Waals surface area contributed by atoms with Gasteiger partial charge in [-0.15, -0.1) is 11.8 Å². The van der Waals surface area contributed by atoms with Gasteiger partial charge in [0, 0.05) is 18.0 Å². The maximum absolute atomic E-state index is 12.3. The molecule has 1 amide bonds. The Morgan fingerprint density at radius 2 is 1.86 bits per heavy atom. The standard InChI is InChI=1S/C18H27NOS/c1-14-8-9-15(18(2,3)4)12-16(14)21-13-17(20)19-10-6-5-7-11-19/h8-9,12H,5-7,10-11,13H2,1-4H3. The van der Waals surface area contributed by atoms with E-state index in [-0.39, 0.29) is 5.41 Å².